The van der Waals surface area contributed by atoms with Crippen LogP contribution in [-0.2, 0) is 0 Å². The summed E-state index contributed by atoms with van der Waals surface area (Å²) >= 11 is 0. The number of hydrogen-bond donors (Lipinski definition) is 1. The first kappa shape index (κ1) is 9.81. The molecule has 2 nitrogen and oxygen atoms in total. The van der Waals surface area contributed by atoms with E-state index in [1.165, 1.54) is 0 Å². The lowest BCUT2D eigenvalue weighted by Crippen LogP contribution is -2.32. The largest absolute Gasteiger partial charge is 0.394 e. The van der Waals surface area contributed by atoms with Crippen molar-refractivity contribution in [2.75, 3.05) is 18.6 Å². The molecule has 0 aliphatic rings. The Labute approximate surface area is 79.1 Å². The number of hydrogen-bond acceptors (Lipinski definition) is 2. The Hall–Kier alpha value is -1.28. The molecule has 1 aromatic rings. The van der Waals surface area contributed by atoms with E-state index in [0.29, 0.717) is 0 Å². The molecule has 2 heteroatoms. The first-order valence-electron chi connectivity index (χ1n) is 4.31. The highest BCUT2D eigenvalue weighted by atomic mass is 16.3. The molecule has 1 aromatic carbocycles. The number of para-hydroxylation sites is 1. The molecule has 0 aliphatic carbocycles. The molecule has 0 amide bonds. The van der Waals surface area contributed by atoms with Crippen molar-refractivity contribution < 1.29 is 5.11 Å². The molecule has 0 saturated heterocycles. The van der Waals surface area contributed by atoms with Crippen LogP contribution >= 0.6 is 0 Å². The van der Waals surface area contributed by atoms with E-state index in [-0.39, 0.29) is 12.6 Å². The highest BCUT2D eigenvalue weighted by Gasteiger charge is 2.08. The lowest BCUT2D eigenvalue weighted by atomic mass is 10.2. The fourth-order valence-corrected chi connectivity index (χ4v) is 1.21. The zero-order chi connectivity index (χ0) is 9.68. The Balaban J connectivity index is 2.77. The summed E-state index contributed by atoms with van der Waals surface area (Å²) in [6.07, 6.45) is 1.74. The summed E-state index contributed by atoms with van der Waals surface area (Å²) in [6, 6.07) is 9.92. The van der Waals surface area contributed by atoms with Crippen molar-refractivity contribution in [3.8, 4) is 0 Å². The van der Waals surface area contributed by atoms with Gasteiger partial charge in [0.15, 0.2) is 0 Å². The van der Waals surface area contributed by atoms with Gasteiger partial charge in [-0.1, -0.05) is 24.3 Å². The van der Waals surface area contributed by atoms with E-state index in [9.17, 15) is 0 Å². The smallest absolute Gasteiger partial charge is 0.0698 e. The van der Waals surface area contributed by atoms with Gasteiger partial charge in [-0.3, -0.25) is 0 Å². The molecule has 0 heterocycles. The van der Waals surface area contributed by atoms with Crippen LogP contribution in [0.25, 0.3) is 0 Å². The van der Waals surface area contributed by atoms with Gasteiger partial charge in [0.1, 0.15) is 0 Å². The summed E-state index contributed by atoms with van der Waals surface area (Å²) in [4.78, 5) is 1.99. The molecule has 0 bridgehead atoms. The maximum Gasteiger partial charge on any atom is 0.0698 e. The number of aliphatic hydroxyl groups excluding tert-OH is 1. The van der Waals surface area contributed by atoms with Crippen molar-refractivity contribution in [1.29, 1.82) is 0 Å². The third kappa shape index (κ3) is 2.33. The van der Waals surface area contributed by atoms with Crippen molar-refractivity contribution >= 4 is 5.69 Å². The second-order valence-electron chi connectivity index (χ2n) is 2.93. The van der Waals surface area contributed by atoms with Crippen LogP contribution in [0.15, 0.2) is 43.0 Å². The molecule has 0 saturated carbocycles. The van der Waals surface area contributed by atoms with Gasteiger partial charge in [-0.25, -0.2) is 0 Å². The van der Waals surface area contributed by atoms with Gasteiger partial charge in [0.2, 0.25) is 0 Å². The summed E-state index contributed by atoms with van der Waals surface area (Å²) < 4.78 is 0. The molecule has 70 valence electrons. The molecule has 0 aromatic heterocycles. The van der Waals surface area contributed by atoms with E-state index >= 15 is 0 Å². The SMILES string of the molecule is C=CC(CO)N(C)c1ccccc1. The van der Waals surface area contributed by atoms with Crippen molar-refractivity contribution in [2.45, 2.75) is 6.04 Å². The van der Waals surface area contributed by atoms with E-state index in [1.807, 2.05) is 42.3 Å². The molecule has 0 aliphatic heterocycles. The number of anilines is 1. The third-order valence-corrected chi connectivity index (χ3v) is 2.12. The zero-order valence-electron chi connectivity index (χ0n) is 7.85. The Kier molecular flexibility index (Phi) is 3.53. The first-order chi connectivity index (χ1) is 6.29. The third-order valence-electron chi connectivity index (χ3n) is 2.12. The number of nitrogens with zero attached hydrogens (tertiary/aromatic N) is 1. The molecule has 0 fully saturated rings. The first-order valence-corrected chi connectivity index (χ1v) is 4.31. The highest BCUT2D eigenvalue weighted by Crippen LogP contribution is 2.14. The number of rotatable bonds is 4. The van der Waals surface area contributed by atoms with Crippen LogP contribution in [0.4, 0.5) is 5.69 Å². The molecule has 0 radical (unpaired) electrons. The van der Waals surface area contributed by atoms with Gasteiger partial charge in [-0.2, -0.15) is 0 Å². The van der Waals surface area contributed by atoms with Crippen LogP contribution in [0.1, 0.15) is 0 Å². The number of aliphatic hydroxyl groups is 1. The van der Waals surface area contributed by atoms with E-state index < -0.39 is 0 Å². The number of likely N-dealkylation sites (N-methyl/N-ethyl adjacent to an activating group) is 1. The van der Waals surface area contributed by atoms with E-state index in [0.717, 1.165) is 5.69 Å². The zero-order valence-corrected chi connectivity index (χ0v) is 7.85. The standard InChI is InChI=1S/C11H15NO/c1-3-10(9-13)12(2)11-7-5-4-6-8-11/h3-8,10,13H,1,9H2,2H3. The van der Waals surface area contributed by atoms with Gasteiger partial charge < -0.3 is 10.0 Å². The Morgan fingerprint density at radius 1 is 1.46 bits per heavy atom. The van der Waals surface area contributed by atoms with E-state index in [4.69, 9.17) is 5.11 Å². The minimum atomic E-state index is -0.0117. The molecule has 1 unspecified atom stereocenters. The van der Waals surface area contributed by atoms with Crippen LogP contribution in [0.3, 0.4) is 0 Å². The lowest BCUT2D eigenvalue weighted by Gasteiger charge is -2.25. The van der Waals surface area contributed by atoms with Gasteiger partial charge in [0.05, 0.1) is 12.6 Å². The summed E-state index contributed by atoms with van der Waals surface area (Å²) in [5, 5.41) is 9.04. The van der Waals surface area contributed by atoms with Gasteiger partial charge in [0.25, 0.3) is 0 Å². The summed E-state index contributed by atoms with van der Waals surface area (Å²) in [5.74, 6) is 0. The summed E-state index contributed by atoms with van der Waals surface area (Å²) in [6.45, 7) is 3.77. The maximum absolute atomic E-state index is 9.04. The van der Waals surface area contributed by atoms with Crippen molar-refractivity contribution in [3.63, 3.8) is 0 Å². The monoisotopic (exact) mass is 177 g/mol. The molecule has 1 atom stereocenters. The molecule has 0 spiro atoms. The van der Waals surface area contributed by atoms with Gasteiger partial charge in [-0.15, -0.1) is 6.58 Å². The molecule has 1 N–H and O–H groups in total. The van der Waals surface area contributed by atoms with Crippen LogP contribution in [-0.4, -0.2) is 24.8 Å². The predicted octanol–water partition coefficient (Wildman–Crippen LogP) is 1.67. The van der Waals surface area contributed by atoms with Gasteiger partial charge in [-0.05, 0) is 12.1 Å². The Morgan fingerprint density at radius 3 is 2.54 bits per heavy atom. The fraction of sp³-hybridized carbons (Fsp3) is 0.273. The molecule has 13 heavy (non-hydrogen) atoms. The van der Waals surface area contributed by atoms with E-state index in [1.54, 1.807) is 6.08 Å². The normalized spacial score (nSPS) is 12.2. The van der Waals surface area contributed by atoms with Gasteiger partial charge >= 0.3 is 0 Å². The fourth-order valence-electron chi connectivity index (χ4n) is 1.21. The molecule has 1 rings (SSSR count). The minimum Gasteiger partial charge on any atom is -0.394 e. The second-order valence-corrected chi connectivity index (χ2v) is 2.93. The number of benzene rings is 1. The maximum atomic E-state index is 9.04. The van der Waals surface area contributed by atoms with Crippen LogP contribution in [0.2, 0.25) is 0 Å². The summed E-state index contributed by atoms with van der Waals surface area (Å²) in [7, 11) is 1.94. The highest BCUT2D eigenvalue weighted by molar-refractivity contribution is 5.47. The van der Waals surface area contributed by atoms with Crippen molar-refractivity contribution in [1.82, 2.24) is 0 Å². The summed E-state index contributed by atoms with van der Waals surface area (Å²) in [5.41, 5.74) is 1.08. The predicted molar refractivity (Wildman–Crippen MR) is 55.9 cm³/mol. The van der Waals surface area contributed by atoms with Crippen molar-refractivity contribution in [2.24, 2.45) is 0 Å². The average Bonchev–Trinajstić information content (AvgIpc) is 2.21. The lowest BCUT2D eigenvalue weighted by molar-refractivity contribution is 0.281. The van der Waals surface area contributed by atoms with Gasteiger partial charge in [0, 0.05) is 12.7 Å². The Bertz CT molecular complexity index is 258. The Morgan fingerprint density at radius 2 is 2.08 bits per heavy atom. The van der Waals surface area contributed by atoms with Crippen LogP contribution in [0.5, 0.6) is 0 Å². The van der Waals surface area contributed by atoms with E-state index in [2.05, 4.69) is 6.58 Å². The quantitative estimate of drug-likeness (QED) is 0.707. The minimum absolute atomic E-state index is 0.0117. The van der Waals surface area contributed by atoms with Crippen molar-refractivity contribution in [3.05, 3.63) is 43.0 Å². The molecular formula is C11H15NO. The molecular weight excluding hydrogens is 162 g/mol. The second kappa shape index (κ2) is 4.67. The average molecular weight is 177 g/mol. The topological polar surface area (TPSA) is 23.5 Å². The van der Waals surface area contributed by atoms with Crippen LogP contribution < -0.4 is 4.90 Å². The van der Waals surface area contributed by atoms with Crippen LogP contribution in [0, 0.1) is 0 Å².